The van der Waals surface area contributed by atoms with Gasteiger partial charge in [0.15, 0.2) is 0 Å². The molecule has 1 amide bonds. The van der Waals surface area contributed by atoms with Crippen molar-refractivity contribution in [2.75, 3.05) is 13.1 Å². The first-order valence-corrected chi connectivity index (χ1v) is 9.85. The fraction of sp³-hybridized carbons (Fsp3) is 0.526. The first-order chi connectivity index (χ1) is 12.2. The molecule has 132 valence electrons. The maximum absolute atomic E-state index is 12.2. The highest BCUT2D eigenvalue weighted by molar-refractivity contribution is 7.07. The monoisotopic (exact) mass is 356 g/mol. The average molecular weight is 356 g/mol. The quantitative estimate of drug-likeness (QED) is 0.826. The van der Waals surface area contributed by atoms with E-state index in [1.807, 2.05) is 12.4 Å². The van der Waals surface area contributed by atoms with Crippen LogP contribution in [0.5, 0.6) is 0 Å². The Hall–Kier alpha value is -1.79. The Balaban J connectivity index is 1.35. The van der Waals surface area contributed by atoms with Crippen molar-refractivity contribution in [2.45, 2.75) is 45.3 Å². The zero-order valence-corrected chi connectivity index (χ0v) is 15.4. The van der Waals surface area contributed by atoms with Gasteiger partial charge in [-0.1, -0.05) is 0 Å². The zero-order valence-electron chi connectivity index (χ0n) is 14.6. The van der Waals surface area contributed by atoms with Crippen molar-refractivity contribution in [3.63, 3.8) is 0 Å². The second kappa shape index (κ2) is 6.84. The summed E-state index contributed by atoms with van der Waals surface area (Å²) >= 11 is 1.70. The van der Waals surface area contributed by atoms with Crippen LogP contribution in [0.1, 0.15) is 37.3 Å². The Morgan fingerprint density at radius 1 is 1.32 bits per heavy atom. The third kappa shape index (κ3) is 3.60. The van der Waals surface area contributed by atoms with E-state index in [-0.39, 0.29) is 5.91 Å². The topological polar surface area (TPSA) is 49.3 Å². The van der Waals surface area contributed by atoms with Gasteiger partial charge in [0.05, 0.1) is 0 Å². The first-order valence-electron chi connectivity index (χ1n) is 8.91. The SMILES string of the molecule is CC(=O)N(Cc1ccsc1)C1CC12CCN(Cc1cncnc1)CC2. The minimum Gasteiger partial charge on any atom is -0.335 e. The summed E-state index contributed by atoms with van der Waals surface area (Å²) in [7, 11) is 0. The van der Waals surface area contributed by atoms with Gasteiger partial charge in [0, 0.05) is 44.0 Å². The predicted octanol–water partition coefficient (Wildman–Crippen LogP) is 2.94. The van der Waals surface area contributed by atoms with E-state index < -0.39 is 0 Å². The smallest absolute Gasteiger partial charge is 0.220 e. The molecule has 4 rings (SSSR count). The number of rotatable bonds is 5. The molecule has 2 aliphatic rings. The van der Waals surface area contributed by atoms with Crippen molar-refractivity contribution < 1.29 is 4.79 Å². The number of carbonyl (C=O) groups is 1. The van der Waals surface area contributed by atoms with Gasteiger partial charge in [-0.15, -0.1) is 0 Å². The summed E-state index contributed by atoms with van der Waals surface area (Å²) < 4.78 is 0. The molecule has 0 radical (unpaired) electrons. The molecule has 3 heterocycles. The number of piperidine rings is 1. The summed E-state index contributed by atoms with van der Waals surface area (Å²) in [6.45, 7) is 5.58. The second-order valence-corrected chi connectivity index (χ2v) is 8.16. The molecule has 2 aromatic rings. The van der Waals surface area contributed by atoms with Crippen LogP contribution in [0.2, 0.25) is 0 Å². The van der Waals surface area contributed by atoms with Crippen LogP contribution in [0.3, 0.4) is 0 Å². The fourth-order valence-electron chi connectivity index (χ4n) is 4.15. The highest BCUT2D eigenvalue weighted by Gasteiger charge is 2.58. The van der Waals surface area contributed by atoms with Gasteiger partial charge in [0.25, 0.3) is 0 Å². The first kappa shape index (κ1) is 16.7. The molecule has 1 atom stereocenters. The minimum absolute atomic E-state index is 0.205. The number of likely N-dealkylation sites (tertiary alicyclic amines) is 1. The van der Waals surface area contributed by atoms with E-state index >= 15 is 0 Å². The van der Waals surface area contributed by atoms with Gasteiger partial charge in [0.2, 0.25) is 5.91 Å². The van der Waals surface area contributed by atoms with Gasteiger partial charge in [-0.2, -0.15) is 11.3 Å². The lowest BCUT2D eigenvalue weighted by atomic mass is 9.92. The van der Waals surface area contributed by atoms with E-state index in [0.717, 1.165) is 26.2 Å². The molecule has 1 aliphatic carbocycles. The number of hydrogen-bond donors (Lipinski definition) is 0. The Kier molecular flexibility index (Phi) is 4.56. The van der Waals surface area contributed by atoms with Crippen LogP contribution in [-0.4, -0.2) is 44.8 Å². The van der Waals surface area contributed by atoms with Gasteiger partial charge in [-0.25, -0.2) is 9.97 Å². The standard InChI is InChI=1S/C19H24N4OS/c1-15(24)23(12-16-2-7-25-13-16)18-8-19(18)3-5-22(6-4-19)11-17-9-20-14-21-10-17/h2,7,9-10,13-14,18H,3-6,8,11-12H2,1H3. The van der Waals surface area contributed by atoms with E-state index in [0.29, 0.717) is 11.5 Å². The van der Waals surface area contributed by atoms with E-state index in [1.165, 1.54) is 30.4 Å². The van der Waals surface area contributed by atoms with Crippen molar-refractivity contribution in [2.24, 2.45) is 5.41 Å². The van der Waals surface area contributed by atoms with Gasteiger partial charge < -0.3 is 4.90 Å². The summed E-state index contributed by atoms with van der Waals surface area (Å²) in [5.41, 5.74) is 2.78. The molecule has 1 saturated heterocycles. The number of carbonyl (C=O) groups excluding carboxylic acids is 1. The van der Waals surface area contributed by atoms with Crippen molar-refractivity contribution in [1.82, 2.24) is 19.8 Å². The maximum Gasteiger partial charge on any atom is 0.220 e. The number of nitrogens with zero attached hydrogens (tertiary/aromatic N) is 4. The lowest BCUT2D eigenvalue weighted by Gasteiger charge is -2.34. The highest BCUT2D eigenvalue weighted by Crippen LogP contribution is 2.57. The Morgan fingerprint density at radius 3 is 2.72 bits per heavy atom. The largest absolute Gasteiger partial charge is 0.335 e. The van der Waals surface area contributed by atoms with Crippen LogP contribution in [0.4, 0.5) is 0 Å². The molecule has 0 aromatic carbocycles. The van der Waals surface area contributed by atoms with E-state index in [1.54, 1.807) is 24.6 Å². The zero-order chi connectivity index (χ0) is 17.3. The predicted molar refractivity (Wildman–Crippen MR) is 97.9 cm³/mol. The molecule has 1 spiro atoms. The van der Waals surface area contributed by atoms with Gasteiger partial charge in [-0.3, -0.25) is 9.69 Å². The molecule has 25 heavy (non-hydrogen) atoms. The Morgan fingerprint density at radius 2 is 2.08 bits per heavy atom. The minimum atomic E-state index is 0.205. The molecule has 0 N–H and O–H groups in total. The van der Waals surface area contributed by atoms with E-state index in [2.05, 4.69) is 36.6 Å². The lowest BCUT2D eigenvalue weighted by Crippen LogP contribution is -2.39. The number of aromatic nitrogens is 2. The molecule has 1 unspecified atom stereocenters. The third-order valence-electron chi connectivity index (χ3n) is 5.73. The van der Waals surface area contributed by atoms with Crippen LogP contribution < -0.4 is 0 Å². The summed E-state index contributed by atoms with van der Waals surface area (Å²) in [5.74, 6) is 0.205. The normalized spacial score (nSPS) is 22.0. The molecule has 1 saturated carbocycles. The second-order valence-electron chi connectivity index (χ2n) is 7.38. The van der Waals surface area contributed by atoms with Crippen LogP contribution in [-0.2, 0) is 17.9 Å². The molecule has 2 fully saturated rings. The molecule has 5 nitrogen and oxygen atoms in total. The number of thiophene rings is 1. The molecular weight excluding hydrogens is 332 g/mol. The average Bonchev–Trinajstić information content (AvgIpc) is 3.04. The summed E-state index contributed by atoms with van der Waals surface area (Å²) in [5, 5.41) is 4.23. The van der Waals surface area contributed by atoms with E-state index in [9.17, 15) is 4.79 Å². The lowest BCUT2D eigenvalue weighted by molar-refractivity contribution is -0.130. The van der Waals surface area contributed by atoms with Gasteiger partial charge in [-0.05, 0) is 60.2 Å². The van der Waals surface area contributed by atoms with Gasteiger partial charge >= 0.3 is 0 Å². The summed E-state index contributed by atoms with van der Waals surface area (Å²) in [6.07, 6.45) is 8.90. The summed E-state index contributed by atoms with van der Waals surface area (Å²) in [4.78, 5) is 25.0. The number of amides is 1. The van der Waals surface area contributed by atoms with Crippen molar-refractivity contribution in [3.8, 4) is 0 Å². The maximum atomic E-state index is 12.2. The third-order valence-corrected chi connectivity index (χ3v) is 6.46. The number of hydrogen-bond acceptors (Lipinski definition) is 5. The molecule has 2 aromatic heterocycles. The van der Waals surface area contributed by atoms with Crippen LogP contribution in [0, 0.1) is 5.41 Å². The Bertz CT molecular complexity index is 710. The van der Waals surface area contributed by atoms with Crippen LogP contribution >= 0.6 is 11.3 Å². The van der Waals surface area contributed by atoms with Crippen molar-refractivity contribution in [1.29, 1.82) is 0 Å². The highest BCUT2D eigenvalue weighted by atomic mass is 32.1. The van der Waals surface area contributed by atoms with Crippen molar-refractivity contribution >= 4 is 17.2 Å². The van der Waals surface area contributed by atoms with Crippen molar-refractivity contribution in [3.05, 3.63) is 46.7 Å². The summed E-state index contributed by atoms with van der Waals surface area (Å²) in [6, 6.07) is 2.55. The molecule has 0 bridgehead atoms. The van der Waals surface area contributed by atoms with Crippen LogP contribution in [0.15, 0.2) is 35.5 Å². The molecule has 6 heteroatoms. The van der Waals surface area contributed by atoms with Crippen LogP contribution in [0.25, 0.3) is 0 Å². The molecule has 1 aliphatic heterocycles. The van der Waals surface area contributed by atoms with E-state index in [4.69, 9.17) is 0 Å². The fourth-order valence-corrected chi connectivity index (χ4v) is 4.81. The van der Waals surface area contributed by atoms with Gasteiger partial charge in [0.1, 0.15) is 6.33 Å². The Labute approximate surface area is 152 Å². The molecular formula is C19H24N4OS.